The van der Waals surface area contributed by atoms with Crippen LogP contribution >= 0.6 is 7.91 Å². The monoisotopic (exact) mass is 220 g/mol. The summed E-state index contributed by atoms with van der Waals surface area (Å²) in [5, 5.41) is 0. The normalized spacial score (nSPS) is 12.8. The van der Waals surface area contributed by atoms with Crippen LogP contribution in [0.3, 0.4) is 0 Å². The Morgan fingerprint density at radius 2 is 2.08 bits per heavy atom. The van der Waals surface area contributed by atoms with Gasteiger partial charge in [-0.3, -0.25) is 4.18 Å². The lowest BCUT2D eigenvalue weighted by Gasteiger charge is -2.03. The summed E-state index contributed by atoms with van der Waals surface area (Å²) in [6, 6.07) is 0. The Hall–Kier alpha value is -0.300. The van der Waals surface area contributed by atoms with Gasteiger partial charge in [-0.15, -0.1) is 8.39 Å². The van der Waals surface area contributed by atoms with E-state index in [4.69, 9.17) is 6.58 Å². The van der Waals surface area contributed by atoms with Crippen molar-refractivity contribution in [3.05, 3.63) is 12.7 Å². The highest BCUT2D eigenvalue weighted by atomic mass is 32.2. The van der Waals surface area contributed by atoms with E-state index in [-0.39, 0.29) is 0 Å². The summed E-state index contributed by atoms with van der Waals surface area (Å²) in [6.45, 7) is 4.13. The van der Waals surface area contributed by atoms with Crippen LogP contribution in [0.4, 0.5) is 8.39 Å². The summed E-state index contributed by atoms with van der Waals surface area (Å²) in [7, 11) is -10.5. The van der Waals surface area contributed by atoms with Crippen LogP contribution in [-0.4, -0.2) is 15.0 Å². The van der Waals surface area contributed by atoms with Gasteiger partial charge >= 0.3 is 18.2 Å². The maximum atomic E-state index is 11.6. The van der Waals surface area contributed by atoms with Crippen LogP contribution in [0.1, 0.15) is 0 Å². The number of hydrogen-bond acceptors (Lipinski definition) is 4. The molecule has 0 aromatic carbocycles. The molecule has 72 valence electrons. The van der Waals surface area contributed by atoms with Gasteiger partial charge in [-0.1, -0.05) is 4.49 Å². The van der Waals surface area contributed by atoms with Gasteiger partial charge in [-0.05, 0) is 0 Å². The fourth-order valence-corrected chi connectivity index (χ4v) is 1.80. The van der Waals surface area contributed by atoms with E-state index in [2.05, 4.69) is 4.18 Å². The molecule has 5 nitrogen and oxygen atoms in total. The fourth-order valence-electron chi connectivity index (χ4n) is 0.285. The Bertz CT molecular complexity index is 295. The van der Waals surface area contributed by atoms with Crippen molar-refractivity contribution in [2.75, 3.05) is 6.61 Å². The SMILES string of the molecule is [CH-]=CCOS(=O)(=O)NP(=O)(F)F. The first-order valence-electron chi connectivity index (χ1n) is 2.48. The van der Waals surface area contributed by atoms with Gasteiger partial charge < -0.3 is 6.58 Å². The third-order valence-corrected chi connectivity index (χ3v) is 2.73. The molecule has 0 aliphatic carbocycles. The molecule has 0 radical (unpaired) electrons. The topological polar surface area (TPSA) is 72.5 Å². The molecular formula is C3H5F2NO4PS-. The summed E-state index contributed by atoms with van der Waals surface area (Å²) in [4.78, 5) is 0. The highest BCUT2D eigenvalue weighted by molar-refractivity contribution is 7.90. The second-order valence-electron chi connectivity index (χ2n) is 1.53. The first kappa shape index (κ1) is 11.7. The largest absolute Gasteiger partial charge is 0.516 e. The Balaban J connectivity index is 4.25. The minimum Gasteiger partial charge on any atom is -0.516 e. The number of halogens is 2. The van der Waals surface area contributed by atoms with Crippen LogP contribution in [0, 0.1) is 6.58 Å². The predicted molar refractivity (Wildman–Crippen MR) is 36.7 cm³/mol. The van der Waals surface area contributed by atoms with Crippen molar-refractivity contribution in [2.45, 2.75) is 0 Å². The molecule has 0 amide bonds. The molecule has 0 heterocycles. The minimum absolute atomic E-state index is 0.527. The Morgan fingerprint density at radius 3 is 2.42 bits per heavy atom. The third kappa shape index (κ3) is 6.41. The molecule has 12 heavy (non-hydrogen) atoms. The second kappa shape index (κ2) is 4.08. The zero-order chi connectivity index (χ0) is 9.83. The summed E-state index contributed by atoms with van der Waals surface area (Å²) in [6.07, 6.45) is 0.792. The predicted octanol–water partition coefficient (Wildman–Crippen LogP) is 0.874. The number of rotatable bonds is 5. The van der Waals surface area contributed by atoms with E-state index < -0.39 is 24.8 Å². The van der Waals surface area contributed by atoms with Crippen molar-refractivity contribution in [3.8, 4) is 0 Å². The molecule has 0 unspecified atom stereocenters. The lowest BCUT2D eigenvalue weighted by molar-refractivity contribution is 0.352. The summed E-state index contributed by atoms with van der Waals surface area (Å²) in [5.41, 5.74) is 0. The van der Waals surface area contributed by atoms with E-state index in [0.29, 0.717) is 4.49 Å². The summed E-state index contributed by atoms with van der Waals surface area (Å²) in [5.74, 6) is 0. The van der Waals surface area contributed by atoms with Crippen LogP contribution in [0.5, 0.6) is 0 Å². The van der Waals surface area contributed by atoms with Crippen molar-refractivity contribution in [1.29, 1.82) is 0 Å². The lowest BCUT2D eigenvalue weighted by Crippen LogP contribution is -2.20. The average Bonchev–Trinajstić information content (AvgIpc) is 1.78. The first-order valence-corrected chi connectivity index (χ1v) is 5.38. The number of hydrogen-bond donors (Lipinski definition) is 1. The van der Waals surface area contributed by atoms with Gasteiger partial charge in [-0.25, -0.2) is 10.6 Å². The van der Waals surface area contributed by atoms with Crippen molar-refractivity contribution in [3.63, 3.8) is 0 Å². The fraction of sp³-hybridized carbons (Fsp3) is 0.333. The Labute approximate surface area is 68.3 Å². The summed E-state index contributed by atoms with van der Waals surface area (Å²) < 4.78 is 57.8. The molecule has 0 aliphatic heterocycles. The van der Waals surface area contributed by atoms with Crippen molar-refractivity contribution in [1.82, 2.24) is 4.49 Å². The standard InChI is InChI=1S/C3H5F2NO4PS/c1-2-3-10-12(8,9)6-11(4,5)7/h1-2H,3H2,(H,6,7)/q-1. The smallest absolute Gasteiger partial charge is 0.495 e. The van der Waals surface area contributed by atoms with Gasteiger partial charge in [-0.2, -0.15) is 8.42 Å². The summed E-state index contributed by atoms with van der Waals surface area (Å²) >= 11 is 0. The molecule has 0 aromatic heterocycles. The van der Waals surface area contributed by atoms with Crippen molar-refractivity contribution >= 4 is 18.2 Å². The molecule has 1 N–H and O–H groups in total. The Kier molecular flexibility index (Phi) is 3.98. The van der Waals surface area contributed by atoms with Crippen LogP contribution in [0.2, 0.25) is 0 Å². The van der Waals surface area contributed by atoms with E-state index >= 15 is 0 Å². The zero-order valence-electron chi connectivity index (χ0n) is 5.61. The first-order chi connectivity index (χ1) is 5.27. The molecule has 0 spiro atoms. The molecule has 0 bridgehead atoms. The molecular weight excluding hydrogens is 215 g/mol. The molecule has 9 heteroatoms. The molecule has 0 fully saturated rings. The van der Waals surface area contributed by atoms with E-state index in [1.165, 1.54) is 0 Å². The molecule has 0 aromatic rings. The van der Waals surface area contributed by atoms with Gasteiger partial charge in [0, 0.05) is 0 Å². The zero-order valence-corrected chi connectivity index (χ0v) is 7.32. The third-order valence-electron chi connectivity index (χ3n) is 0.537. The van der Waals surface area contributed by atoms with Crippen LogP contribution < -0.4 is 4.49 Å². The lowest BCUT2D eigenvalue weighted by atomic mass is 10.7. The quantitative estimate of drug-likeness (QED) is 0.551. The minimum atomic E-state index is -5.85. The molecule has 0 aliphatic rings. The maximum absolute atomic E-state index is 11.6. The number of nitrogens with one attached hydrogen (secondary N) is 1. The maximum Gasteiger partial charge on any atom is 0.495 e. The Morgan fingerprint density at radius 1 is 1.58 bits per heavy atom. The average molecular weight is 220 g/mol. The van der Waals surface area contributed by atoms with Crippen LogP contribution in [0.15, 0.2) is 6.08 Å². The highest BCUT2D eigenvalue weighted by Gasteiger charge is 2.27. The molecule has 0 rings (SSSR count). The second-order valence-corrected chi connectivity index (χ2v) is 4.33. The molecule has 0 saturated heterocycles. The highest BCUT2D eigenvalue weighted by Crippen LogP contribution is 2.44. The van der Waals surface area contributed by atoms with Gasteiger partial charge in [0.2, 0.25) is 0 Å². The van der Waals surface area contributed by atoms with E-state index in [1.807, 2.05) is 0 Å². The van der Waals surface area contributed by atoms with E-state index in [1.54, 1.807) is 0 Å². The molecule has 0 saturated carbocycles. The van der Waals surface area contributed by atoms with Crippen LogP contribution in [0.25, 0.3) is 0 Å². The van der Waals surface area contributed by atoms with Crippen LogP contribution in [-0.2, 0) is 19.1 Å². The van der Waals surface area contributed by atoms with E-state index in [0.717, 1.165) is 6.08 Å². The van der Waals surface area contributed by atoms with Crippen molar-refractivity contribution < 1.29 is 25.6 Å². The van der Waals surface area contributed by atoms with Crippen molar-refractivity contribution in [2.24, 2.45) is 0 Å². The van der Waals surface area contributed by atoms with Gasteiger partial charge in [0.15, 0.2) is 0 Å². The van der Waals surface area contributed by atoms with Gasteiger partial charge in [0.25, 0.3) is 0 Å². The van der Waals surface area contributed by atoms with Gasteiger partial charge in [0.05, 0.1) is 6.61 Å². The van der Waals surface area contributed by atoms with Gasteiger partial charge in [0.1, 0.15) is 0 Å². The molecule has 0 atom stereocenters. The van der Waals surface area contributed by atoms with E-state index in [9.17, 15) is 21.4 Å².